The van der Waals surface area contributed by atoms with Gasteiger partial charge >= 0.3 is 17.9 Å². The Balaban J connectivity index is 4.29. The Bertz CT molecular complexity index is 662. The minimum Gasteiger partial charge on any atom is -0.462 e. The molecule has 0 aromatic rings. The summed E-state index contributed by atoms with van der Waals surface area (Å²) >= 11 is 0. The van der Waals surface area contributed by atoms with Crippen molar-refractivity contribution in [2.24, 2.45) is 5.92 Å². The smallest absolute Gasteiger partial charge is 0.306 e. The van der Waals surface area contributed by atoms with E-state index in [2.05, 4.69) is 27.7 Å². The lowest BCUT2D eigenvalue weighted by atomic mass is 10.0. The molecule has 0 radical (unpaired) electrons. The zero-order valence-electron chi connectivity index (χ0n) is 29.6. The summed E-state index contributed by atoms with van der Waals surface area (Å²) in [5.41, 5.74) is 0. The van der Waals surface area contributed by atoms with E-state index in [-0.39, 0.29) is 31.1 Å². The summed E-state index contributed by atoms with van der Waals surface area (Å²) in [6.45, 7) is 8.82. The molecule has 0 unspecified atom stereocenters. The van der Waals surface area contributed by atoms with Gasteiger partial charge in [-0.05, 0) is 25.2 Å². The summed E-state index contributed by atoms with van der Waals surface area (Å²) in [7, 11) is 0. The number of hydrogen-bond acceptors (Lipinski definition) is 6. The SMILES string of the molecule is CCCCCCCCCCCCCC(=O)OC[C@H](COC(=O)CCCCCCC)OC(=O)CCCCCCCCCC(C)C. The normalized spacial score (nSPS) is 11.9. The Morgan fingerprint density at radius 1 is 0.432 bits per heavy atom. The van der Waals surface area contributed by atoms with Crippen LogP contribution in [0.15, 0.2) is 0 Å². The van der Waals surface area contributed by atoms with Crippen LogP contribution >= 0.6 is 0 Å². The van der Waals surface area contributed by atoms with Gasteiger partial charge in [0, 0.05) is 19.3 Å². The summed E-state index contributed by atoms with van der Waals surface area (Å²) < 4.78 is 16.5. The molecular formula is C38H72O6. The fourth-order valence-electron chi connectivity index (χ4n) is 5.39. The van der Waals surface area contributed by atoms with Crippen LogP contribution in [0.25, 0.3) is 0 Å². The van der Waals surface area contributed by atoms with E-state index in [0.29, 0.717) is 19.3 Å². The maximum absolute atomic E-state index is 12.5. The van der Waals surface area contributed by atoms with Gasteiger partial charge in [-0.25, -0.2) is 0 Å². The van der Waals surface area contributed by atoms with Gasteiger partial charge in [0.15, 0.2) is 6.10 Å². The molecule has 0 spiro atoms. The molecule has 6 heteroatoms. The Morgan fingerprint density at radius 2 is 0.750 bits per heavy atom. The van der Waals surface area contributed by atoms with Crippen LogP contribution in [0, 0.1) is 5.92 Å². The van der Waals surface area contributed by atoms with Crippen molar-refractivity contribution in [3.63, 3.8) is 0 Å². The van der Waals surface area contributed by atoms with Crippen LogP contribution in [-0.2, 0) is 28.6 Å². The standard InChI is InChI=1S/C38H72O6/c1-5-7-9-11-12-13-14-15-18-22-26-30-37(40)43-33-35(32-42-36(39)29-25-20-10-8-6-2)44-38(41)31-27-23-19-16-17-21-24-28-34(3)4/h34-35H,5-33H2,1-4H3/t35-/m0/s1. The molecule has 0 aliphatic rings. The van der Waals surface area contributed by atoms with Crippen LogP contribution < -0.4 is 0 Å². The second-order valence-corrected chi connectivity index (χ2v) is 13.3. The molecule has 1 atom stereocenters. The van der Waals surface area contributed by atoms with Crippen molar-refractivity contribution in [2.45, 2.75) is 207 Å². The first-order valence-electron chi connectivity index (χ1n) is 18.9. The number of carbonyl (C=O) groups excluding carboxylic acids is 3. The average molecular weight is 625 g/mol. The molecule has 0 fully saturated rings. The van der Waals surface area contributed by atoms with E-state index in [1.165, 1.54) is 89.9 Å². The van der Waals surface area contributed by atoms with Gasteiger partial charge in [-0.15, -0.1) is 0 Å². The molecule has 0 saturated heterocycles. The number of esters is 3. The van der Waals surface area contributed by atoms with Crippen molar-refractivity contribution < 1.29 is 28.6 Å². The third-order valence-corrected chi connectivity index (χ3v) is 8.29. The summed E-state index contributed by atoms with van der Waals surface area (Å²) in [5.74, 6) is -0.105. The molecular weight excluding hydrogens is 552 g/mol. The van der Waals surface area contributed by atoms with Gasteiger partial charge in [0.25, 0.3) is 0 Å². The zero-order valence-corrected chi connectivity index (χ0v) is 29.6. The van der Waals surface area contributed by atoms with Gasteiger partial charge in [0.1, 0.15) is 13.2 Å². The maximum Gasteiger partial charge on any atom is 0.306 e. The predicted molar refractivity (Wildman–Crippen MR) is 183 cm³/mol. The molecule has 0 saturated carbocycles. The van der Waals surface area contributed by atoms with E-state index < -0.39 is 6.10 Å². The highest BCUT2D eigenvalue weighted by molar-refractivity contribution is 5.71. The summed E-state index contributed by atoms with van der Waals surface area (Å²) in [4.78, 5) is 37.1. The van der Waals surface area contributed by atoms with Gasteiger partial charge in [0.05, 0.1) is 0 Å². The maximum atomic E-state index is 12.5. The van der Waals surface area contributed by atoms with Gasteiger partial charge in [-0.1, -0.05) is 163 Å². The predicted octanol–water partition coefficient (Wildman–Crippen LogP) is 11.2. The highest BCUT2D eigenvalue weighted by Crippen LogP contribution is 2.15. The summed E-state index contributed by atoms with van der Waals surface area (Å²) in [6.07, 6.45) is 28.4. The monoisotopic (exact) mass is 625 g/mol. The van der Waals surface area contributed by atoms with Crippen LogP contribution in [-0.4, -0.2) is 37.2 Å². The highest BCUT2D eigenvalue weighted by Gasteiger charge is 2.19. The van der Waals surface area contributed by atoms with Crippen LogP contribution in [0.2, 0.25) is 0 Å². The number of hydrogen-bond donors (Lipinski definition) is 0. The fourth-order valence-corrected chi connectivity index (χ4v) is 5.39. The molecule has 0 bridgehead atoms. The van der Waals surface area contributed by atoms with Crippen molar-refractivity contribution >= 4 is 17.9 Å². The Labute approximate surface area is 272 Å². The van der Waals surface area contributed by atoms with E-state index in [9.17, 15) is 14.4 Å². The van der Waals surface area contributed by atoms with Gasteiger partial charge in [-0.3, -0.25) is 14.4 Å². The van der Waals surface area contributed by atoms with E-state index in [1.807, 2.05) is 0 Å². The van der Waals surface area contributed by atoms with Crippen molar-refractivity contribution in [2.75, 3.05) is 13.2 Å². The minimum absolute atomic E-state index is 0.0667. The Morgan fingerprint density at radius 3 is 1.11 bits per heavy atom. The Kier molecular flexibility index (Phi) is 31.6. The number of rotatable bonds is 33. The molecule has 0 aliphatic carbocycles. The molecule has 0 amide bonds. The number of carbonyl (C=O) groups is 3. The molecule has 0 aromatic heterocycles. The zero-order chi connectivity index (χ0) is 32.5. The molecule has 0 N–H and O–H groups in total. The minimum atomic E-state index is -0.756. The van der Waals surface area contributed by atoms with Crippen molar-refractivity contribution in [1.29, 1.82) is 0 Å². The largest absolute Gasteiger partial charge is 0.462 e. The van der Waals surface area contributed by atoms with Crippen LogP contribution in [0.5, 0.6) is 0 Å². The second-order valence-electron chi connectivity index (χ2n) is 13.3. The summed E-state index contributed by atoms with van der Waals surface area (Å²) in [5, 5.41) is 0. The van der Waals surface area contributed by atoms with E-state index >= 15 is 0 Å². The van der Waals surface area contributed by atoms with Crippen molar-refractivity contribution in [1.82, 2.24) is 0 Å². The number of ether oxygens (including phenoxy) is 3. The molecule has 0 aliphatic heterocycles. The second kappa shape index (κ2) is 32.8. The fraction of sp³-hybridized carbons (Fsp3) is 0.921. The average Bonchev–Trinajstić information content (AvgIpc) is 3.00. The molecule has 0 aromatic carbocycles. The molecule has 0 rings (SSSR count). The highest BCUT2D eigenvalue weighted by atomic mass is 16.6. The third kappa shape index (κ3) is 31.8. The first-order valence-corrected chi connectivity index (χ1v) is 18.9. The quantitative estimate of drug-likeness (QED) is 0.0410. The van der Waals surface area contributed by atoms with Gasteiger partial charge in [-0.2, -0.15) is 0 Å². The molecule has 6 nitrogen and oxygen atoms in total. The lowest BCUT2D eigenvalue weighted by Crippen LogP contribution is -2.30. The van der Waals surface area contributed by atoms with Crippen LogP contribution in [0.4, 0.5) is 0 Å². The van der Waals surface area contributed by atoms with Crippen LogP contribution in [0.1, 0.15) is 201 Å². The van der Waals surface area contributed by atoms with Gasteiger partial charge < -0.3 is 14.2 Å². The van der Waals surface area contributed by atoms with E-state index in [4.69, 9.17) is 14.2 Å². The van der Waals surface area contributed by atoms with Gasteiger partial charge in [0.2, 0.25) is 0 Å². The third-order valence-electron chi connectivity index (χ3n) is 8.29. The lowest BCUT2D eigenvalue weighted by Gasteiger charge is -2.18. The van der Waals surface area contributed by atoms with Crippen molar-refractivity contribution in [3.05, 3.63) is 0 Å². The Hall–Kier alpha value is -1.59. The van der Waals surface area contributed by atoms with E-state index in [0.717, 1.165) is 70.1 Å². The molecule has 260 valence electrons. The molecule has 44 heavy (non-hydrogen) atoms. The topological polar surface area (TPSA) is 78.9 Å². The first kappa shape index (κ1) is 42.4. The number of unbranched alkanes of at least 4 members (excludes halogenated alkanes) is 20. The van der Waals surface area contributed by atoms with Crippen LogP contribution in [0.3, 0.4) is 0 Å². The molecule has 0 heterocycles. The lowest BCUT2D eigenvalue weighted by molar-refractivity contribution is -0.167. The van der Waals surface area contributed by atoms with Crippen molar-refractivity contribution in [3.8, 4) is 0 Å². The van der Waals surface area contributed by atoms with E-state index in [1.54, 1.807) is 0 Å². The first-order chi connectivity index (χ1) is 21.4. The summed E-state index contributed by atoms with van der Waals surface area (Å²) in [6, 6.07) is 0.